The number of carbonyl (C=O) groups excluding carboxylic acids is 1. The van der Waals surface area contributed by atoms with Gasteiger partial charge in [0.15, 0.2) is 0 Å². The molecule has 0 fully saturated rings. The molecule has 0 aliphatic rings. The number of aliphatic carboxylic acids is 1. The lowest BCUT2D eigenvalue weighted by atomic mass is 10.0. The van der Waals surface area contributed by atoms with Crippen LogP contribution < -0.4 is 10.6 Å². The van der Waals surface area contributed by atoms with E-state index in [1.165, 1.54) is 11.3 Å². The van der Waals surface area contributed by atoms with E-state index in [0.29, 0.717) is 13.0 Å². The predicted molar refractivity (Wildman–Crippen MR) is 73.1 cm³/mol. The van der Waals surface area contributed by atoms with E-state index >= 15 is 0 Å². The summed E-state index contributed by atoms with van der Waals surface area (Å²) < 4.78 is 0. The molecule has 1 aromatic rings. The first-order chi connectivity index (χ1) is 8.88. The van der Waals surface area contributed by atoms with E-state index in [1.54, 1.807) is 6.20 Å². The molecule has 106 valence electrons. The van der Waals surface area contributed by atoms with E-state index in [2.05, 4.69) is 15.6 Å². The molecule has 0 saturated carbocycles. The zero-order chi connectivity index (χ0) is 14.4. The highest BCUT2D eigenvalue weighted by atomic mass is 32.1. The lowest BCUT2D eigenvalue weighted by Gasteiger charge is -2.16. The van der Waals surface area contributed by atoms with Crippen LogP contribution in [0.25, 0.3) is 0 Å². The molecule has 6 nitrogen and oxygen atoms in total. The van der Waals surface area contributed by atoms with Crippen LogP contribution in [0.3, 0.4) is 0 Å². The van der Waals surface area contributed by atoms with Gasteiger partial charge >= 0.3 is 12.0 Å². The Balaban J connectivity index is 2.42. The van der Waals surface area contributed by atoms with Crippen LogP contribution in [-0.2, 0) is 11.3 Å². The fraction of sp³-hybridized carbons (Fsp3) is 0.583. The van der Waals surface area contributed by atoms with Gasteiger partial charge < -0.3 is 15.7 Å². The first kappa shape index (κ1) is 15.4. The monoisotopic (exact) mass is 285 g/mol. The second-order valence-corrected chi connectivity index (χ2v) is 6.03. The van der Waals surface area contributed by atoms with Gasteiger partial charge in [-0.3, -0.25) is 0 Å². The average molecular weight is 285 g/mol. The van der Waals surface area contributed by atoms with E-state index in [-0.39, 0.29) is 5.92 Å². The van der Waals surface area contributed by atoms with Gasteiger partial charge in [-0.2, -0.15) is 0 Å². The topological polar surface area (TPSA) is 91.3 Å². The van der Waals surface area contributed by atoms with Crippen LogP contribution in [0, 0.1) is 12.8 Å². The molecule has 0 radical (unpaired) electrons. The normalized spacial score (nSPS) is 12.2. The standard InChI is InChI=1S/C12H19N3O3S/c1-7(2)4-9(11(16)17)15-12(18)14-6-10-13-5-8(3)19-10/h5,7,9H,4,6H2,1-3H3,(H,16,17)(H2,14,15,18)/t9-/m0/s1. The summed E-state index contributed by atoms with van der Waals surface area (Å²) in [6.45, 7) is 6.06. The van der Waals surface area contributed by atoms with Crippen LogP contribution in [0.4, 0.5) is 4.79 Å². The van der Waals surface area contributed by atoms with E-state index in [1.807, 2.05) is 20.8 Å². The first-order valence-electron chi connectivity index (χ1n) is 6.07. The second kappa shape index (κ2) is 7.08. The number of urea groups is 1. The number of aryl methyl sites for hydroxylation is 1. The maximum atomic E-state index is 11.6. The number of thiazole rings is 1. The predicted octanol–water partition coefficient (Wildman–Crippen LogP) is 1.75. The molecule has 7 heteroatoms. The first-order valence-corrected chi connectivity index (χ1v) is 6.88. The largest absolute Gasteiger partial charge is 0.480 e. The van der Waals surface area contributed by atoms with Crippen LogP contribution in [0.2, 0.25) is 0 Å². The number of nitrogens with one attached hydrogen (secondary N) is 2. The van der Waals surface area contributed by atoms with Crippen molar-refractivity contribution in [1.29, 1.82) is 0 Å². The number of rotatable bonds is 6. The smallest absolute Gasteiger partial charge is 0.326 e. The summed E-state index contributed by atoms with van der Waals surface area (Å²) in [7, 11) is 0. The Morgan fingerprint density at radius 2 is 2.16 bits per heavy atom. The van der Waals surface area contributed by atoms with E-state index < -0.39 is 18.0 Å². The second-order valence-electron chi connectivity index (χ2n) is 4.71. The highest BCUT2D eigenvalue weighted by Gasteiger charge is 2.20. The van der Waals surface area contributed by atoms with Gasteiger partial charge in [0.2, 0.25) is 0 Å². The lowest BCUT2D eigenvalue weighted by Crippen LogP contribution is -2.46. The highest BCUT2D eigenvalue weighted by Crippen LogP contribution is 2.10. The molecule has 0 aliphatic carbocycles. The third-order valence-corrected chi connectivity index (χ3v) is 3.29. The van der Waals surface area contributed by atoms with Crippen LogP contribution >= 0.6 is 11.3 Å². The van der Waals surface area contributed by atoms with Crippen molar-refractivity contribution in [3.63, 3.8) is 0 Å². The molecule has 3 N–H and O–H groups in total. The fourth-order valence-electron chi connectivity index (χ4n) is 1.54. The molecule has 0 aliphatic heterocycles. The average Bonchev–Trinajstić information content (AvgIpc) is 2.71. The molecule has 0 spiro atoms. The van der Waals surface area contributed by atoms with Crippen molar-refractivity contribution < 1.29 is 14.7 Å². The molecular formula is C12H19N3O3S. The molecule has 0 aromatic carbocycles. The lowest BCUT2D eigenvalue weighted by molar-refractivity contribution is -0.139. The molecule has 0 saturated heterocycles. The highest BCUT2D eigenvalue weighted by molar-refractivity contribution is 7.11. The molecule has 1 atom stereocenters. The van der Waals surface area contributed by atoms with Crippen LogP contribution in [0.5, 0.6) is 0 Å². The van der Waals surface area contributed by atoms with Crippen molar-refractivity contribution in [3.8, 4) is 0 Å². The van der Waals surface area contributed by atoms with Gasteiger partial charge in [0.25, 0.3) is 0 Å². The number of carboxylic acids is 1. The third-order valence-electron chi connectivity index (χ3n) is 2.38. The molecule has 1 heterocycles. The SMILES string of the molecule is Cc1cnc(CNC(=O)N[C@@H](CC(C)C)C(=O)O)s1. The van der Waals surface area contributed by atoms with E-state index in [9.17, 15) is 9.59 Å². The molecular weight excluding hydrogens is 266 g/mol. The molecule has 2 amide bonds. The number of carbonyl (C=O) groups is 2. The van der Waals surface area contributed by atoms with Crippen molar-refractivity contribution in [1.82, 2.24) is 15.6 Å². The minimum Gasteiger partial charge on any atom is -0.480 e. The number of nitrogens with zero attached hydrogens (tertiary/aromatic N) is 1. The molecule has 0 bridgehead atoms. The Kier molecular flexibility index (Phi) is 5.75. The van der Waals surface area contributed by atoms with Crippen molar-refractivity contribution in [3.05, 3.63) is 16.1 Å². The van der Waals surface area contributed by atoms with Gasteiger partial charge in [-0.1, -0.05) is 13.8 Å². The van der Waals surface area contributed by atoms with Gasteiger partial charge in [-0.15, -0.1) is 11.3 Å². The Bertz CT molecular complexity index is 445. The summed E-state index contributed by atoms with van der Waals surface area (Å²) >= 11 is 1.50. The number of hydrogen-bond donors (Lipinski definition) is 3. The number of hydrogen-bond acceptors (Lipinski definition) is 4. The Hall–Kier alpha value is -1.63. The maximum Gasteiger partial charge on any atom is 0.326 e. The quantitative estimate of drug-likeness (QED) is 0.742. The van der Waals surface area contributed by atoms with E-state index in [4.69, 9.17) is 5.11 Å². The summed E-state index contributed by atoms with van der Waals surface area (Å²) in [4.78, 5) is 27.8. The summed E-state index contributed by atoms with van der Waals surface area (Å²) in [5, 5.41) is 14.9. The van der Waals surface area contributed by atoms with Crippen LogP contribution in [0.1, 0.15) is 30.2 Å². The van der Waals surface area contributed by atoms with Crippen molar-refractivity contribution in [2.45, 2.75) is 39.8 Å². The van der Waals surface area contributed by atoms with Crippen molar-refractivity contribution >= 4 is 23.3 Å². The Labute approximate surface area is 116 Å². The van der Waals surface area contributed by atoms with Gasteiger partial charge in [0, 0.05) is 11.1 Å². The summed E-state index contributed by atoms with van der Waals surface area (Å²) in [5.41, 5.74) is 0. The van der Waals surface area contributed by atoms with Gasteiger partial charge in [0.05, 0.1) is 6.54 Å². The molecule has 1 aromatic heterocycles. The zero-order valence-corrected chi connectivity index (χ0v) is 12.1. The maximum absolute atomic E-state index is 11.6. The third kappa shape index (κ3) is 5.69. The minimum absolute atomic E-state index is 0.197. The van der Waals surface area contributed by atoms with Crippen LogP contribution in [0.15, 0.2) is 6.20 Å². The van der Waals surface area contributed by atoms with Crippen molar-refractivity contribution in [2.24, 2.45) is 5.92 Å². The fourth-order valence-corrected chi connectivity index (χ4v) is 2.27. The molecule has 19 heavy (non-hydrogen) atoms. The Morgan fingerprint density at radius 3 is 2.63 bits per heavy atom. The Morgan fingerprint density at radius 1 is 1.47 bits per heavy atom. The number of carboxylic acid groups (broad SMARTS) is 1. The van der Waals surface area contributed by atoms with Gasteiger partial charge in [-0.25, -0.2) is 14.6 Å². The zero-order valence-electron chi connectivity index (χ0n) is 11.3. The van der Waals surface area contributed by atoms with Gasteiger partial charge in [0.1, 0.15) is 11.0 Å². The van der Waals surface area contributed by atoms with Crippen molar-refractivity contribution in [2.75, 3.05) is 0 Å². The summed E-state index contributed by atoms with van der Waals surface area (Å²) in [5.74, 6) is -0.822. The number of amides is 2. The molecule has 0 unspecified atom stereocenters. The summed E-state index contributed by atoms with van der Waals surface area (Å²) in [6.07, 6.45) is 2.14. The molecule has 1 rings (SSSR count). The van der Waals surface area contributed by atoms with Crippen LogP contribution in [-0.4, -0.2) is 28.1 Å². The minimum atomic E-state index is -1.02. The van der Waals surface area contributed by atoms with E-state index in [0.717, 1.165) is 9.88 Å². The van der Waals surface area contributed by atoms with Gasteiger partial charge in [-0.05, 0) is 19.3 Å². The number of aromatic nitrogens is 1. The summed E-state index contributed by atoms with van der Waals surface area (Å²) in [6, 6.07) is -1.35.